The number of ether oxygens (including phenoxy) is 2. The molecule has 5 aliphatic rings. The molecule has 0 N–H and O–H groups in total. The third kappa shape index (κ3) is 5.55. The first-order valence-corrected chi connectivity index (χ1v) is 19.3. The molecule has 2 aromatic rings. The van der Waals surface area contributed by atoms with Crippen LogP contribution in [0.15, 0.2) is 71.8 Å². The number of hydrogen-bond acceptors (Lipinski definition) is 6. The Balaban J connectivity index is 1.14. The monoisotopic (exact) mass is 698 g/mol. The Labute approximate surface area is 310 Å². The van der Waals surface area contributed by atoms with Crippen LogP contribution in [-0.4, -0.2) is 24.6 Å². The van der Waals surface area contributed by atoms with Gasteiger partial charge in [0.2, 0.25) is 0 Å². The first-order valence-electron chi connectivity index (χ1n) is 19.3. The lowest BCUT2D eigenvalue weighted by Crippen LogP contribution is -2.63. The molecule has 6 heteroatoms. The molecule has 0 amide bonds. The molecule has 2 aromatic carbocycles. The second-order valence-electron chi connectivity index (χ2n) is 18.8. The molecule has 52 heavy (non-hydrogen) atoms. The van der Waals surface area contributed by atoms with Gasteiger partial charge in [0.1, 0.15) is 6.10 Å². The van der Waals surface area contributed by atoms with Crippen LogP contribution in [0.3, 0.4) is 0 Å². The molecular formula is C46H54N2O4. The van der Waals surface area contributed by atoms with E-state index < -0.39 is 0 Å². The Bertz CT molecular complexity index is 1930. The summed E-state index contributed by atoms with van der Waals surface area (Å²) >= 11 is 0. The smallest absolute Gasteiger partial charge is 0.338 e. The van der Waals surface area contributed by atoms with Gasteiger partial charge in [-0.05, 0) is 145 Å². The number of nitrogens with zero attached hydrogens (tertiary/aromatic N) is 2. The Kier molecular flexibility index (Phi) is 8.68. The zero-order valence-corrected chi connectivity index (χ0v) is 32.1. The third-order valence-electron chi connectivity index (χ3n) is 15.5. The number of benzene rings is 2. The Morgan fingerprint density at radius 3 is 1.96 bits per heavy atom. The van der Waals surface area contributed by atoms with Gasteiger partial charge < -0.3 is 9.47 Å². The number of nitriles is 2. The summed E-state index contributed by atoms with van der Waals surface area (Å²) in [6.07, 6.45) is 14.4. The highest BCUT2D eigenvalue weighted by atomic mass is 16.5. The fraction of sp³-hybridized carbons (Fsp3) is 0.565. The fourth-order valence-electron chi connectivity index (χ4n) is 11.9. The summed E-state index contributed by atoms with van der Waals surface area (Å²) in [7, 11) is 0. The fourth-order valence-corrected chi connectivity index (χ4v) is 11.9. The highest BCUT2D eigenvalue weighted by Gasteiger charge is 2.67. The molecule has 8 atom stereocenters. The van der Waals surface area contributed by atoms with E-state index in [1.807, 2.05) is 0 Å². The van der Waals surface area contributed by atoms with Gasteiger partial charge >= 0.3 is 11.9 Å². The van der Waals surface area contributed by atoms with Crippen LogP contribution < -0.4 is 0 Å². The number of rotatable bonds is 5. The molecule has 0 heterocycles. The summed E-state index contributed by atoms with van der Waals surface area (Å²) in [5.41, 5.74) is 5.18. The van der Waals surface area contributed by atoms with Gasteiger partial charge in [0.15, 0.2) is 0 Å². The van der Waals surface area contributed by atoms with Crippen molar-refractivity contribution in [3.05, 3.63) is 94.1 Å². The van der Waals surface area contributed by atoms with E-state index >= 15 is 0 Å². The van der Waals surface area contributed by atoms with Crippen LogP contribution in [0, 0.1) is 67.0 Å². The first-order chi connectivity index (χ1) is 24.5. The number of hydrogen-bond donors (Lipinski definition) is 0. The molecular weight excluding hydrogens is 645 g/mol. The van der Waals surface area contributed by atoms with E-state index in [0.717, 1.165) is 44.9 Å². The molecule has 0 aliphatic heterocycles. The van der Waals surface area contributed by atoms with Crippen molar-refractivity contribution in [1.82, 2.24) is 0 Å². The average Bonchev–Trinajstić information content (AvgIpc) is 3.13. The number of carbonyl (C=O) groups excluding carboxylic acids is 2. The number of fused-ring (bicyclic) bond motifs is 6. The van der Waals surface area contributed by atoms with Crippen molar-refractivity contribution >= 4 is 11.9 Å². The van der Waals surface area contributed by atoms with Gasteiger partial charge in [0.25, 0.3) is 0 Å². The van der Waals surface area contributed by atoms with E-state index in [-0.39, 0.29) is 50.5 Å². The first kappa shape index (κ1) is 36.2. The maximum atomic E-state index is 13.3. The lowest BCUT2D eigenvalue weighted by molar-refractivity contribution is -0.183. The Hall–Kier alpha value is -4.16. The van der Waals surface area contributed by atoms with Crippen LogP contribution in [0.25, 0.3) is 0 Å². The van der Waals surface area contributed by atoms with Crippen LogP contribution in [0.4, 0.5) is 0 Å². The summed E-state index contributed by atoms with van der Waals surface area (Å²) in [6, 6.07) is 17.7. The highest BCUT2D eigenvalue weighted by molar-refractivity contribution is 5.90. The lowest BCUT2D eigenvalue weighted by atomic mass is 9.35. The van der Waals surface area contributed by atoms with Gasteiger partial charge in [-0.1, -0.05) is 66.2 Å². The molecule has 5 aliphatic carbocycles. The minimum atomic E-state index is -0.329. The van der Waals surface area contributed by atoms with Crippen molar-refractivity contribution in [1.29, 1.82) is 10.5 Å². The molecule has 0 radical (unpaired) electrons. The van der Waals surface area contributed by atoms with Crippen LogP contribution in [0.2, 0.25) is 0 Å². The Morgan fingerprint density at radius 1 is 0.750 bits per heavy atom. The normalized spacial score (nSPS) is 37.2. The summed E-state index contributed by atoms with van der Waals surface area (Å²) in [6.45, 7) is 17.4. The van der Waals surface area contributed by atoms with Crippen molar-refractivity contribution in [2.45, 2.75) is 112 Å². The van der Waals surface area contributed by atoms with Crippen LogP contribution >= 0.6 is 0 Å². The number of esters is 2. The molecule has 272 valence electrons. The van der Waals surface area contributed by atoms with Gasteiger partial charge in [0.05, 0.1) is 41.0 Å². The third-order valence-corrected chi connectivity index (χ3v) is 15.5. The maximum absolute atomic E-state index is 13.3. The minimum absolute atomic E-state index is 0.0374. The van der Waals surface area contributed by atoms with Crippen LogP contribution in [0.5, 0.6) is 0 Å². The van der Waals surface area contributed by atoms with Crippen molar-refractivity contribution in [2.75, 3.05) is 6.61 Å². The predicted octanol–water partition coefficient (Wildman–Crippen LogP) is 10.5. The summed E-state index contributed by atoms with van der Waals surface area (Å²) in [5.74, 6) is 0.188. The number of carbonyl (C=O) groups is 2. The second-order valence-corrected chi connectivity index (χ2v) is 18.8. The van der Waals surface area contributed by atoms with Crippen molar-refractivity contribution < 1.29 is 19.1 Å². The maximum Gasteiger partial charge on any atom is 0.338 e. The lowest BCUT2D eigenvalue weighted by Gasteiger charge is -2.69. The molecule has 6 unspecified atom stereocenters. The molecule has 0 bridgehead atoms. The second kappa shape index (κ2) is 12.5. The molecule has 7 rings (SSSR count). The molecule has 0 aromatic heterocycles. The summed E-state index contributed by atoms with van der Waals surface area (Å²) in [4.78, 5) is 26.4. The summed E-state index contributed by atoms with van der Waals surface area (Å²) < 4.78 is 12.3. The van der Waals surface area contributed by atoms with E-state index in [4.69, 9.17) is 14.7 Å². The zero-order chi connectivity index (χ0) is 37.3. The Morgan fingerprint density at radius 2 is 1.35 bits per heavy atom. The van der Waals surface area contributed by atoms with E-state index in [1.165, 1.54) is 18.4 Å². The molecule has 0 saturated heterocycles. The largest absolute Gasteiger partial charge is 0.462 e. The number of allylic oxidation sites excluding steroid dienone is 4. The average molecular weight is 699 g/mol. The van der Waals surface area contributed by atoms with Gasteiger partial charge in [-0.3, -0.25) is 0 Å². The van der Waals surface area contributed by atoms with Crippen molar-refractivity contribution in [3.8, 4) is 12.1 Å². The SMILES string of the molecule is CC12CC[C@](C)(COC(=O)c3ccc(C#N)cc3)CC1=C1C=CC3C4(C)CCC(OC(=O)c5ccc(C#N)cc5)C(C)(C)C4CCC3(C)[C@]1(C)CC2. The van der Waals surface area contributed by atoms with E-state index in [0.29, 0.717) is 40.7 Å². The van der Waals surface area contributed by atoms with Crippen molar-refractivity contribution in [2.24, 2.45) is 44.3 Å². The quantitative estimate of drug-likeness (QED) is 0.288. The van der Waals surface area contributed by atoms with Crippen molar-refractivity contribution in [3.63, 3.8) is 0 Å². The zero-order valence-electron chi connectivity index (χ0n) is 32.1. The minimum Gasteiger partial charge on any atom is -0.462 e. The van der Waals surface area contributed by atoms with Gasteiger partial charge in [0, 0.05) is 10.8 Å². The molecule has 0 spiro atoms. The van der Waals surface area contributed by atoms with Crippen LogP contribution in [0.1, 0.15) is 138 Å². The van der Waals surface area contributed by atoms with Crippen LogP contribution in [-0.2, 0) is 9.47 Å². The molecule has 3 saturated carbocycles. The predicted molar refractivity (Wildman–Crippen MR) is 201 cm³/mol. The topological polar surface area (TPSA) is 100 Å². The van der Waals surface area contributed by atoms with E-state index in [9.17, 15) is 14.9 Å². The van der Waals surface area contributed by atoms with Gasteiger partial charge in [-0.25, -0.2) is 9.59 Å². The van der Waals surface area contributed by atoms with Gasteiger partial charge in [-0.15, -0.1) is 0 Å². The van der Waals surface area contributed by atoms with E-state index in [1.54, 1.807) is 54.1 Å². The standard InChI is InChI=1S/C46H54N2O4/c1-41(2)36-18-21-46(7)37(44(36,5)20-19-38(41)52-40(50)33-14-10-31(28-48)11-15-33)17-16-34-35-26-42(3,22-23-43(35,4)24-25-45(34,46)6)29-51-39(49)32-12-8-30(27-47)9-13-32/h8-17,36-38H,18-26,29H2,1-7H3/t36?,37?,38?,42-,43?,44?,45+,46?/m0/s1. The molecule has 3 fully saturated rings. The summed E-state index contributed by atoms with van der Waals surface area (Å²) in [5, 5.41) is 18.3. The van der Waals surface area contributed by atoms with Gasteiger partial charge in [-0.2, -0.15) is 10.5 Å². The van der Waals surface area contributed by atoms with E-state index in [2.05, 4.69) is 72.8 Å². The highest BCUT2D eigenvalue weighted by Crippen LogP contribution is 2.74. The molecule has 6 nitrogen and oxygen atoms in total.